The van der Waals surface area contributed by atoms with Crippen LogP contribution in [0.25, 0.3) is 0 Å². The van der Waals surface area contributed by atoms with E-state index in [9.17, 15) is 4.39 Å². The highest BCUT2D eigenvalue weighted by molar-refractivity contribution is 6.30. The zero-order valence-corrected chi connectivity index (χ0v) is 11.4. The predicted octanol–water partition coefficient (Wildman–Crippen LogP) is 4.40. The van der Waals surface area contributed by atoms with Crippen molar-refractivity contribution >= 4 is 11.6 Å². The summed E-state index contributed by atoms with van der Waals surface area (Å²) in [6.07, 6.45) is 3.62. The third-order valence-electron chi connectivity index (χ3n) is 2.73. The fourth-order valence-electron chi connectivity index (χ4n) is 1.71. The normalized spacial score (nSPS) is 11.1. The molecule has 0 fully saturated rings. The topological polar surface area (TPSA) is 12.0 Å². The zero-order chi connectivity index (χ0) is 12.7. The summed E-state index contributed by atoms with van der Waals surface area (Å²) < 4.78 is 13.5. The van der Waals surface area contributed by atoms with Crippen LogP contribution in [0, 0.1) is 11.7 Å². The van der Waals surface area contributed by atoms with Crippen molar-refractivity contribution in [2.75, 3.05) is 6.54 Å². The molecule has 1 aromatic rings. The highest BCUT2D eigenvalue weighted by Gasteiger charge is 2.04. The Labute approximate surface area is 108 Å². The molecule has 0 saturated heterocycles. The number of unbranched alkanes of at least 4 members (excludes halogenated alkanes) is 1. The second kappa shape index (κ2) is 7.67. The Morgan fingerprint density at radius 2 is 2.06 bits per heavy atom. The summed E-state index contributed by atoms with van der Waals surface area (Å²) in [7, 11) is 0. The van der Waals surface area contributed by atoms with E-state index in [-0.39, 0.29) is 10.8 Å². The van der Waals surface area contributed by atoms with Gasteiger partial charge in [-0.25, -0.2) is 4.39 Å². The van der Waals surface area contributed by atoms with E-state index in [1.54, 1.807) is 18.2 Å². The van der Waals surface area contributed by atoms with Gasteiger partial charge in [0.25, 0.3) is 0 Å². The molecule has 0 radical (unpaired) electrons. The quantitative estimate of drug-likeness (QED) is 0.714. The first-order valence-electron chi connectivity index (χ1n) is 6.25. The molecule has 0 aliphatic heterocycles. The molecule has 0 aromatic heterocycles. The van der Waals surface area contributed by atoms with E-state index in [0.717, 1.165) is 18.9 Å². The lowest BCUT2D eigenvalue weighted by molar-refractivity contribution is 0.516. The summed E-state index contributed by atoms with van der Waals surface area (Å²) in [5.41, 5.74) is 0.640. The Bertz CT molecular complexity index is 339. The molecule has 0 atom stereocenters. The molecule has 1 nitrogen and oxygen atoms in total. The van der Waals surface area contributed by atoms with Gasteiger partial charge in [-0.1, -0.05) is 50.4 Å². The van der Waals surface area contributed by atoms with Gasteiger partial charge < -0.3 is 5.32 Å². The maximum atomic E-state index is 13.5. The molecule has 0 spiro atoms. The molecule has 0 unspecified atom stereocenters. The fraction of sp³-hybridized carbons (Fsp3) is 0.571. The Kier molecular flexibility index (Phi) is 6.53. The van der Waals surface area contributed by atoms with Crippen LogP contribution in [-0.4, -0.2) is 6.54 Å². The van der Waals surface area contributed by atoms with Gasteiger partial charge in [-0.3, -0.25) is 0 Å². The summed E-state index contributed by atoms with van der Waals surface area (Å²) in [5, 5.41) is 3.44. The van der Waals surface area contributed by atoms with E-state index in [0.29, 0.717) is 12.1 Å². The first-order chi connectivity index (χ1) is 8.11. The summed E-state index contributed by atoms with van der Waals surface area (Å²) in [6.45, 7) is 5.94. The molecular formula is C14H21ClFN. The molecule has 0 bridgehead atoms. The smallest absolute Gasteiger partial charge is 0.146 e. The molecule has 0 amide bonds. The molecule has 3 heteroatoms. The molecule has 0 aliphatic carbocycles. The van der Waals surface area contributed by atoms with E-state index >= 15 is 0 Å². The number of benzene rings is 1. The second-order valence-electron chi connectivity index (χ2n) is 4.78. The highest BCUT2D eigenvalue weighted by Crippen LogP contribution is 2.17. The van der Waals surface area contributed by atoms with E-state index in [1.807, 2.05) is 0 Å². The van der Waals surface area contributed by atoms with Gasteiger partial charge in [0.1, 0.15) is 5.82 Å². The van der Waals surface area contributed by atoms with Crippen LogP contribution in [0.2, 0.25) is 5.02 Å². The Morgan fingerprint density at radius 1 is 1.29 bits per heavy atom. The zero-order valence-electron chi connectivity index (χ0n) is 10.6. The van der Waals surface area contributed by atoms with Crippen molar-refractivity contribution < 1.29 is 4.39 Å². The lowest BCUT2D eigenvalue weighted by Crippen LogP contribution is -2.15. The number of nitrogens with one attached hydrogen (secondary N) is 1. The van der Waals surface area contributed by atoms with Crippen LogP contribution in [0.5, 0.6) is 0 Å². The lowest BCUT2D eigenvalue weighted by atomic mass is 10.1. The Morgan fingerprint density at radius 3 is 2.76 bits per heavy atom. The van der Waals surface area contributed by atoms with Crippen LogP contribution < -0.4 is 5.32 Å². The van der Waals surface area contributed by atoms with Crippen LogP contribution >= 0.6 is 11.6 Å². The number of rotatable bonds is 7. The van der Waals surface area contributed by atoms with Gasteiger partial charge in [-0.15, -0.1) is 0 Å². The number of hydrogen-bond acceptors (Lipinski definition) is 1. The molecule has 1 rings (SSSR count). The van der Waals surface area contributed by atoms with Crippen molar-refractivity contribution in [1.82, 2.24) is 5.32 Å². The molecule has 0 aliphatic rings. The van der Waals surface area contributed by atoms with E-state index in [2.05, 4.69) is 19.2 Å². The molecule has 96 valence electrons. The minimum Gasteiger partial charge on any atom is -0.313 e. The van der Waals surface area contributed by atoms with Gasteiger partial charge in [0.2, 0.25) is 0 Å². The summed E-state index contributed by atoms with van der Waals surface area (Å²) >= 11 is 5.71. The Balaban J connectivity index is 2.20. The molecule has 0 saturated carbocycles. The maximum absolute atomic E-state index is 13.5. The van der Waals surface area contributed by atoms with Gasteiger partial charge in [0.15, 0.2) is 0 Å². The van der Waals surface area contributed by atoms with Crippen LogP contribution in [0.1, 0.15) is 38.7 Å². The summed E-state index contributed by atoms with van der Waals surface area (Å²) in [4.78, 5) is 0. The van der Waals surface area contributed by atoms with Gasteiger partial charge in [-0.2, -0.15) is 0 Å². The standard InChI is InChI=1S/C14H21ClFN/c1-11(2)6-3-4-9-17-10-12-7-5-8-13(15)14(12)16/h5,7-8,11,17H,3-4,6,9-10H2,1-2H3. The van der Waals surface area contributed by atoms with Crippen LogP contribution in [0.3, 0.4) is 0 Å². The molecule has 0 heterocycles. The SMILES string of the molecule is CC(C)CCCCNCc1cccc(Cl)c1F. The average molecular weight is 258 g/mol. The fourth-order valence-corrected chi connectivity index (χ4v) is 1.90. The van der Waals surface area contributed by atoms with Crippen molar-refractivity contribution in [3.63, 3.8) is 0 Å². The summed E-state index contributed by atoms with van der Waals surface area (Å²) in [6, 6.07) is 5.12. The average Bonchev–Trinajstić information content (AvgIpc) is 2.28. The largest absolute Gasteiger partial charge is 0.313 e. The van der Waals surface area contributed by atoms with Crippen molar-refractivity contribution in [3.8, 4) is 0 Å². The van der Waals surface area contributed by atoms with Crippen LogP contribution in [0.4, 0.5) is 4.39 Å². The lowest BCUT2D eigenvalue weighted by Gasteiger charge is -2.07. The molecule has 1 aromatic carbocycles. The molecule has 1 N–H and O–H groups in total. The van der Waals surface area contributed by atoms with Crippen molar-refractivity contribution in [3.05, 3.63) is 34.6 Å². The maximum Gasteiger partial charge on any atom is 0.146 e. The van der Waals surface area contributed by atoms with Crippen LogP contribution in [-0.2, 0) is 6.54 Å². The first kappa shape index (κ1) is 14.5. The number of halogens is 2. The van der Waals surface area contributed by atoms with Crippen molar-refractivity contribution in [2.24, 2.45) is 5.92 Å². The minimum atomic E-state index is -0.302. The third kappa shape index (κ3) is 5.51. The minimum absolute atomic E-state index is 0.198. The first-order valence-corrected chi connectivity index (χ1v) is 6.62. The highest BCUT2D eigenvalue weighted by atomic mass is 35.5. The molecule has 17 heavy (non-hydrogen) atoms. The van der Waals surface area contributed by atoms with Gasteiger partial charge >= 0.3 is 0 Å². The van der Waals surface area contributed by atoms with Crippen LogP contribution in [0.15, 0.2) is 18.2 Å². The second-order valence-corrected chi connectivity index (χ2v) is 5.19. The monoisotopic (exact) mass is 257 g/mol. The Hall–Kier alpha value is -0.600. The van der Waals surface area contributed by atoms with E-state index < -0.39 is 0 Å². The van der Waals surface area contributed by atoms with E-state index in [1.165, 1.54) is 12.8 Å². The summed E-state index contributed by atoms with van der Waals surface area (Å²) in [5.74, 6) is 0.462. The molecular weight excluding hydrogens is 237 g/mol. The van der Waals surface area contributed by atoms with Crippen molar-refractivity contribution in [1.29, 1.82) is 0 Å². The van der Waals surface area contributed by atoms with E-state index in [4.69, 9.17) is 11.6 Å². The predicted molar refractivity (Wildman–Crippen MR) is 71.8 cm³/mol. The van der Waals surface area contributed by atoms with Gasteiger partial charge in [-0.05, 0) is 24.9 Å². The van der Waals surface area contributed by atoms with Gasteiger partial charge in [0, 0.05) is 12.1 Å². The number of hydrogen-bond donors (Lipinski definition) is 1. The van der Waals surface area contributed by atoms with Crippen molar-refractivity contribution in [2.45, 2.75) is 39.7 Å². The van der Waals surface area contributed by atoms with Gasteiger partial charge in [0.05, 0.1) is 5.02 Å². The third-order valence-corrected chi connectivity index (χ3v) is 3.02.